The van der Waals surface area contributed by atoms with Crippen LogP contribution in [0.4, 0.5) is 5.69 Å². The number of halogens is 1. The van der Waals surface area contributed by atoms with E-state index in [1.807, 2.05) is 19.1 Å². The normalized spacial score (nSPS) is 17.9. The van der Waals surface area contributed by atoms with E-state index in [4.69, 9.17) is 11.6 Å². The molecule has 0 saturated heterocycles. The van der Waals surface area contributed by atoms with Gasteiger partial charge < -0.3 is 5.32 Å². The molecule has 0 radical (unpaired) electrons. The SMILES string of the molecule is Cc1nc(Cl)ccc1NC(C)C1CC1. The van der Waals surface area contributed by atoms with E-state index < -0.39 is 0 Å². The molecule has 1 atom stereocenters. The zero-order chi connectivity index (χ0) is 10.1. The predicted octanol–water partition coefficient (Wildman–Crippen LogP) is 3.25. The highest BCUT2D eigenvalue weighted by Crippen LogP contribution is 2.34. The minimum Gasteiger partial charge on any atom is -0.381 e. The van der Waals surface area contributed by atoms with Crippen LogP contribution in [0, 0.1) is 12.8 Å². The number of rotatable bonds is 3. The molecule has 1 fully saturated rings. The molecule has 3 heteroatoms. The number of pyridine rings is 1. The summed E-state index contributed by atoms with van der Waals surface area (Å²) in [6.45, 7) is 4.21. The van der Waals surface area contributed by atoms with E-state index in [2.05, 4.69) is 17.2 Å². The molecule has 0 bridgehead atoms. The summed E-state index contributed by atoms with van der Waals surface area (Å²) >= 11 is 5.79. The summed E-state index contributed by atoms with van der Waals surface area (Å²) in [6, 6.07) is 4.39. The third-order valence-corrected chi connectivity index (χ3v) is 2.97. The average Bonchev–Trinajstić information content (AvgIpc) is 2.92. The molecule has 1 aromatic heterocycles. The standard InChI is InChI=1S/C11H15ClN2/c1-7(9-3-4-9)13-10-5-6-11(12)14-8(10)2/h5-7,9,13H,3-4H2,1-2H3. The summed E-state index contributed by atoms with van der Waals surface area (Å²) in [4.78, 5) is 4.21. The lowest BCUT2D eigenvalue weighted by Crippen LogP contribution is -2.18. The molecular weight excluding hydrogens is 196 g/mol. The van der Waals surface area contributed by atoms with E-state index in [9.17, 15) is 0 Å². The highest BCUT2D eigenvalue weighted by atomic mass is 35.5. The fourth-order valence-electron chi connectivity index (χ4n) is 1.64. The molecule has 1 unspecified atom stereocenters. The maximum Gasteiger partial charge on any atom is 0.129 e. The van der Waals surface area contributed by atoms with Gasteiger partial charge in [0, 0.05) is 6.04 Å². The lowest BCUT2D eigenvalue weighted by Gasteiger charge is -2.15. The van der Waals surface area contributed by atoms with Gasteiger partial charge in [0.2, 0.25) is 0 Å². The molecule has 0 amide bonds. The van der Waals surface area contributed by atoms with E-state index in [0.29, 0.717) is 11.2 Å². The van der Waals surface area contributed by atoms with Crippen molar-refractivity contribution in [1.82, 2.24) is 4.98 Å². The molecule has 1 saturated carbocycles. The Balaban J connectivity index is 2.07. The van der Waals surface area contributed by atoms with Crippen molar-refractivity contribution in [3.63, 3.8) is 0 Å². The van der Waals surface area contributed by atoms with E-state index in [-0.39, 0.29) is 0 Å². The molecular formula is C11H15ClN2. The van der Waals surface area contributed by atoms with Crippen molar-refractivity contribution in [2.45, 2.75) is 32.7 Å². The highest BCUT2D eigenvalue weighted by Gasteiger charge is 2.27. The summed E-state index contributed by atoms with van der Waals surface area (Å²) in [5.74, 6) is 0.852. The van der Waals surface area contributed by atoms with Crippen LogP contribution in [0.1, 0.15) is 25.5 Å². The van der Waals surface area contributed by atoms with Crippen LogP contribution < -0.4 is 5.32 Å². The van der Waals surface area contributed by atoms with Crippen molar-refractivity contribution in [1.29, 1.82) is 0 Å². The van der Waals surface area contributed by atoms with Crippen molar-refractivity contribution in [3.05, 3.63) is 23.0 Å². The second kappa shape index (κ2) is 3.77. The molecule has 2 nitrogen and oxygen atoms in total. The maximum atomic E-state index is 5.79. The highest BCUT2D eigenvalue weighted by molar-refractivity contribution is 6.29. The first-order valence-corrected chi connectivity index (χ1v) is 5.44. The van der Waals surface area contributed by atoms with Gasteiger partial charge in [0.15, 0.2) is 0 Å². The van der Waals surface area contributed by atoms with E-state index in [1.165, 1.54) is 12.8 Å². The summed E-state index contributed by atoms with van der Waals surface area (Å²) in [7, 11) is 0. The minimum absolute atomic E-state index is 0.552. The van der Waals surface area contributed by atoms with E-state index >= 15 is 0 Å². The fourth-order valence-corrected chi connectivity index (χ4v) is 1.83. The Labute approximate surface area is 89.7 Å². The summed E-state index contributed by atoms with van der Waals surface area (Å²) < 4.78 is 0. The lowest BCUT2D eigenvalue weighted by molar-refractivity contribution is 0.693. The number of nitrogens with one attached hydrogen (secondary N) is 1. The van der Waals surface area contributed by atoms with Crippen LogP contribution in [0.2, 0.25) is 5.15 Å². The van der Waals surface area contributed by atoms with Gasteiger partial charge >= 0.3 is 0 Å². The largest absolute Gasteiger partial charge is 0.381 e. The molecule has 1 aromatic rings. The lowest BCUT2D eigenvalue weighted by atomic mass is 10.2. The fraction of sp³-hybridized carbons (Fsp3) is 0.545. The summed E-state index contributed by atoms with van der Waals surface area (Å²) in [5.41, 5.74) is 2.08. The first-order chi connectivity index (χ1) is 6.66. The van der Waals surface area contributed by atoms with Gasteiger partial charge in [0.05, 0.1) is 11.4 Å². The molecule has 1 heterocycles. The van der Waals surface area contributed by atoms with Crippen LogP contribution in [0.5, 0.6) is 0 Å². The molecule has 14 heavy (non-hydrogen) atoms. The first kappa shape index (κ1) is 9.78. The Kier molecular flexibility index (Phi) is 2.64. The number of hydrogen-bond acceptors (Lipinski definition) is 2. The minimum atomic E-state index is 0.552. The van der Waals surface area contributed by atoms with E-state index in [0.717, 1.165) is 17.3 Å². The molecule has 76 valence electrons. The predicted molar refractivity (Wildman–Crippen MR) is 59.8 cm³/mol. The monoisotopic (exact) mass is 210 g/mol. The van der Waals surface area contributed by atoms with Gasteiger partial charge in [-0.1, -0.05) is 11.6 Å². The Morgan fingerprint density at radius 1 is 1.50 bits per heavy atom. The molecule has 2 rings (SSSR count). The number of aromatic nitrogens is 1. The first-order valence-electron chi connectivity index (χ1n) is 5.06. The van der Waals surface area contributed by atoms with Crippen molar-refractivity contribution < 1.29 is 0 Å². The van der Waals surface area contributed by atoms with Crippen LogP contribution in [0.25, 0.3) is 0 Å². The molecule has 0 aliphatic heterocycles. The molecule has 0 aromatic carbocycles. The van der Waals surface area contributed by atoms with Gasteiger partial charge in [-0.15, -0.1) is 0 Å². The number of nitrogens with zero attached hydrogens (tertiary/aromatic N) is 1. The van der Waals surface area contributed by atoms with Gasteiger partial charge in [-0.05, 0) is 44.7 Å². The Bertz CT molecular complexity index is 334. The second-order valence-corrected chi connectivity index (χ2v) is 4.42. The van der Waals surface area contributed by atoms with Gasteiger partial charge in [0.25, 0.3) is 0 Å². The van der Waals surface area contributed by atoms with E-state index in [1.54, 1.807) is 0 Å². The average molecular weight is 211 g/mol. The molecule has 1 N–H and O–H groups in total. The summed E-state index contributed by atoms with van der Waals surface area (Å²) in [5, 5.41) is 4.04. The smallest absolute Gasteiger partial charge is 0.129 e. The zero-order valence-corrected chi connectivity index (χ0v) is 9.30. The third kappa shape index (κ3) is 2.18. The number of aryl methyl sites for hydroxylation is 1. The quantitative estimate of drug-likeness (QED) is 0.775. The van der Waals surface area contributed by atoms with Gasteiger partial charge in [-0.2, -0.15) is 0 Å². The maximum absolute atomic E-state index is 5.79. The second-order valence-electron chi connectivity index (χ2n) is 4.04. The Morgan fingerprint density at radius 2 is 2.21 bits per heavy atom. The van der Waals surface area contributed by atoms with Crippen LogP contribution in [-0.2, 0) is 0 Å². The molecule has 1 aliphatic carbocycles. The van der Waals surface area contributed by atoms with Crippen molar-refractivity contribution in [2.75, 3.05) is 5.32 Å². The van der Waals surface area contributed by atoms with Crippen LogP contribution >= 0.6 is 11.6 Å². The topological polar surface area (TPSA) is 24.9 Å². The van der Waals surface area contributed by atoms with Crippen molar-refractivity contribution in [3.8, 4) is 0 Å². The van der Waals surface area contributed by atoms with Gasteiger partial charge in [-0.25, -0.2) is 4.98 Å². The van der Waals surface area contributed by atoms with Crippen molar-refractivity contribution >= 4 is 17.3 Å². The van der Waals surface area contributed by atoms with Gasteiger partial charge in [0.1, 0.15) is 5.15 Å². The Morgan fingerprint density at radius 3 is 2.79 bits per heavy atom. The number of hydrogen-bond donors (Lipinski definition) is 1. The third-order valence-electron chi connectivity index (χ3n) is 2.76. The molecule has 1 aliphatic rings. The Hall–Kier alpha value is -0.760. The van der Waals surface area contributed by atoms with Crippen LogP contribution in [0.15, 0.2) is 12.1 Å². The van der Waals surface area contributed by atoms with Gasteiger partial charge in [-0.3, -0.25) is 0 Å². The summed E-state index contributed by atoms with van der Waals surface area (Å²) in [6.07, 6.45) is 2.71. The molecule has 0 spiro atoms. The van der Waals surface area contributed by atoms with Crippen LogP contribution in [-0.4, -0.2) is 11.0 Å². The van der Waals surface area contributed by atoms with Crippen molar-refractivity contribution in [2.24, 2.45) is 5.92 Å². The van der Waals surface area contributed by atoms with Crippen LogP contribution in [0.3, 0.4) is 0 Å². The number of anilines is 1. The zero-order valence-electron chi connectivity index (χ0n) is 8.55.